The SMILES string of the molecule is Oc1cccc2c1C=C[C@@H](O)N2. The third kappa shape index (κ3) is 1.04. The molecular formula is C9H9NO2. The zero-order chi connectivity index (χ0) is 8.55. The Morgan fingerprint density at radius 3 is 3.00 bits per heavy atom. The first kappa shape index (κ1) is 7.18. The van der Waals surface area contributed by atoms with Gasteiger partial charge in [-0.2, -0.15) is 0 Å². The molecule has 3 nitrogen and oxygen atoms in total. The molecule has 1 aromatic carbocycles. The van der Waals surface area contributed by atoms with Crippen LogP contribution in [0.2, 0.25) is 0 Å². The van der Waals surface area contributed by atoms with E-state index < -0.39 is 6.23 Å². The van der Waals surface area contributed by atoms with Crippen LogP contribution in [0, 0.1) is 0 Å². The number of aliphatic hydroxyl groups excluding tert-OH is 1. The Labute approximate surface area is 70.0 Å². The highest BCUT2D eigenvalue weighted by atomic mass is 16.3. The number of benzene rings is 1. The number of anilines is 1. The van der Waals surface area contributed by atoms with Gasteiger partial charge in [0, 0.05) is 11.3 Å². The van der Waals surface area contributed by atoms with E-state index in [0.29, 0.717) is 0 Å². The van der Waals surface area contributed by atoms with E-state index in [9.17, 15) is 5.11 Å². The Hall–Kier alpha value is -1.48. The lowest BCUT2D eigenvalue weighted by Crippen LogP contribution is -2.18. The van der Waals surface area contributed by atoms with E-state index in [-0.39, 0.29) is 5.75 Å². The van der Waals surface area contributed by atoms with Crippen LogP contribution < -0.4 is 5.32 Å². The van der Waals surface area contributed by atoms with Crippen molar-refractivity contribution in [1.82, 2.24) is 0 Å². The molecule has 3 N–H and O–H groups in total. The van der Waals surface area contributed by atoms with Crippen LogP contribution in [0.15, 0.2) is 24.3 Å². The molecular weight excluding hydrogens is 154 g/mol. The minimum atomic E-state index is -0.653. The highest BCUT2D eigenvalue weighted by molar-refractivity contribution is 5.74. The summed E-state index contributed by atoms with van der Waals surface area (Å²) >= 11 is 0. The van der Waals surface area contributed by atoms with E-state index in [1.54, 1.807) is 24.3 Å². The largest absolute Gasteiger partial charge is 0.507 e. The summed E-state index contributed by atoms with van der Waals surface area (Å²) in [5.74, 6) is 0.225. The summed E-state index contributed by atoms with van der Waals surface area (Å²) in [5.41, 5.74) is 1.48. The molecule has 0 radical (unpaired) electrons. The topological polar surface area (TPSA) is 52.5 Å². The zero-order valence-corrected chi connectivity index (χ0v) is 6.36. The molecule has 0 saturated carbocycles. The summed E-state index contributed by atoms with van der Waals surface area (Å²) in [6, 6.07) is 5.15. The minimum absolute atomic E-state index is 0.225. The monoisotopic (exact) mass is 163 g/mol. The van der Waals surface area contributed by atoms with E-state index >= 15 is 0 Å². The summed E-state index contributed by atoms with van der Waals surface area (Å²) in [7, 11) is 0. The molecule has 62 valence electrons. The molecule has 12 heavy (non-hydrogen) atoms. The maximum Gasteiger partial charge on any atom is 0.144 e. The van der Waals surface area contributed by atoms with Crippen molar-refractivity contribution in [2.45, 2.75) is 6.23 Å². The second-order valence-corrected chi connectivity index (χ2v) is 2.69. The average Bonchev–Trinajstić information content (AvgIpc) is 2.04. The van der Waals surface area contributed by atoms with E-state index in [1.165, 1.54) is 0 Å². The van der Waals surface area contributed by atoms with Gasteiger partial charge in [0.15, 0.2) is 0 Å². The van der Waals surface area contributed by atoms with Gasteiger partial charge in [-0.3, -0.25) is 0 Å². The molecule has 3 heteroatoms. The van der Waals surface area contributed by atoms with Crippen molar-refractivity contribution in [1.29, 1.82) is 0 Å². The van der Waals surface area contributed by atoms with Crippen LogP contribution in [0.25, 0.3) is 6.08 Å². The summed E-state index contributed by atoms with van der Waals surface area (Å²) < 4.78 is 0. The second kappa shape index (κ2) is 2.53. The molecule has 2 rings (SSSR count). The Morgan fingerprint density at radius 2 is 2.17 bits per heavy atom. The number of aliphatic hydroxyl groups is 1. The van der Waals surface area contributed by atoms with Gasteiger partial charge in [-0.25, -0.2) is 0 Å². The van der Waals surface area contributed by atoms with Crippen molar-refractivity contribution < 1.29 is 10.2 Å². The lowest BCUT2D eigenvalue weighted by Gasteiger charge is -2.18. The van der Waals surface area contributed by atoms with E-state index in [0.717, 1.165) is 11.3 Å². The van der Waals surface area contributed by atoms with Gasteiger partial charge in [-0.05, 0) is 24.3 Å². The number of nitrogens with one attached hydrogen (secondary N) is 1. The number of aromatic hydroxyl groups is 1. The van der Waals surface area contributed by atoms with Crippen LogP contribution in [-0.2, 0) is 0 Å². The molecule has 0 unspecified atom stereocenters. The molecule has 0 amide bonds. The number of phenols is 1. The molecule has 0 spiro atoms. The first-order valence-corrected chi connectivity index (χ1v) is 3.72. The standard InChI is InChI=1S/C9H9NO2/c11-8-3-1-2-7-6(8)4-5-9(12)10-7/h1-5,9-12H/t9-/m1/s1. The first-order valence-electron chi connectivity index (χ1n) is 3.72. The van der Waals surface area contributed by atoms with Gasteiger partial charge in [-0.1, -0.05) is 6.07 Å². The van der Waals surface area contributed by atoms with Crippen LogP contribution in [0.3, 0.4) is 0 Å². The predicted molar refractivity (Wildman–Crippen MR) is 46.8 cm³/mol. The quantitative estimate of drug-likeness (QED) is 0.537. The third-order valence-electron chi connectivity index (χ3n) is 1.83. The van der Waals surface area contributed by atoms with Gasteiger partial charge in [0.1, 0.15) is 12.0 Å². The van der Waals surface area contributed by atoms with Crippen molar-refractivity contribution in [3.8, 4) is 5.75 Å². The van der Waals surface area contributed by atoms with Gasteiger partial charge in [-0.15, -0.1) is 0 Å². The number of rotatable bonds is 0. The Morgan fingerprint density at radius 1 is 1.33 bits per heavy atom. The Balaban J connectivity index is 2.53. The van der Waals surface area contributed by atoms with Gasteiger partial charge in [0.25, 0.3) is 0 Å². The van der Waals surface area contributed by atoms with Crippen LogP contribution in [0.1, 0.15) is 5.56 Å². The van der Waals surface area contributed by atoms with E-state index in [2.05, 4.69) is 5.32 Å². The van der Waals surface area contributed by atoms with Gasteiger partial charge in [0.05, 0.1) is 0 Å². The smallest absolute Gasteiger partial charge is 0.144 e. The number of fused-ring (bicyclic) bond motifs is 1. The van der Waals surface area contributed by atoms with Crippen molar-refractivity contribution in [3.05, 3.63) is 29.8 Å². The van der Waals surface area contributed by atoms with Crippen molar-refractivity contribution in [2.75, 3.05) is 5.32 Å². The first-order chi connectivity index (χ1) is 5.77. The number of hydrogen-bond acceptors (Lipinski definition) is 3. The lowest BCUT2D eigenvalue weighted by atomic mass is 10.1. The minimum Gasteiger partial charge on any atom is -0.507 e. The van der Waals surface area contributed by atoms with Crippen molar-refractivity contribution >= 4 is 11.8 Å². The molecule has 1 aliphatic heterocycles. The molecule has 1 aliphatic rings. The molecule has 1 heterocycles. The zero-order valence-electron chi connectivity index (χ0n) is 6.36. The lowest BCUT2D eigenvalue weighted by molar-refractivity contribution is 0.252. The van der Waals surface area contributed by atoms with Crippen LogP contribution >= 0.6 is 0 Å². The van der Waals surface area contributed by atoms with Gasteiger partial charge < -0.3 is 15.5 Å². The third-order valence-corrected chi connectivity index (χ3v) is 1.83. The maximum atomic E-state index is 9.37. The van der Waals surface area contributed by atoms with Crippen LogP contribution in [0.4, 0.5) is 5.69 Å². The highest BCUT2D eigenvalue weighted by Gasteiger charge is 2.11. The molecule has 0 saturated heterocycles. The molecule has 0 fully saturated rings. The molecule has 0 bridgehead atoms. The highest BCUT2D eigenvalue weighted by Crippen LogP contribution is 2.29. The van der Waals surface area contributed by atoms with Gasteiger partial charge in [0.2, 0.25) is 0 Å². The van der Waals surface area contributed by atoms with Crippen LogP contribution in [0.5, 0.6) is 5.75 Å². The fourth-order valence-electron chi connectivity index (χ4n) is 1.25. The van der Waals surface area contributed by atoms with Crippen molar-refractivity contribution in [2.24, 2.45) is 0 Å². The molecule has 1 aromatic rings. The Bertz CT molecular complexity index is 333. The predicted octanol–water partition coefficient (Wildman–Crippen LogP) is 1.15. The van der Waals surface area contributed by atoms with E-state index in [4.69, 9.17) is 5.11 Å². The second-order valence-electron chi connectivity index (χ2n) is 2.69. The summed E-state index contributed by atoms with van der Waals surface area (Å²) in [5, 5.41) is 21.3. The summed E-state index contributed by atoms with van der Waals surface area (Å²) in [4.78, 5) is 0. The molecule has 1 atom stereocenters. The number of phenolic OH excluding ortho intramolecular Hbond substituents is 1. The van der Waals surface area contributed by atoms with Crippen LogP contribution in [-0.4, -0.2) is 16.4 Å². The summed E-state index contributed by atoms with van der Waals surface area (Å²) in [6.45, 7) is 0. The summed E-state index contributed by atoms with van der Waals surface area (Å²) in [6.07, 6.45) is 2.63. The average molecular weight is 163 g/mol. The fourth-order valence-corrected chi connectivity index (χ4v) is 1.25. The molecule has 0 aliphatic carbocycles. The number of hydrogen-bond donors (Lipinski definition) is 3. The normalized spacial score (nSPS) is 19.9. The van der Waals surface area contributed by atoms with Gasteiger partial charge >= 0.3 is 0 Å². The fraction of sp³-hybridized carbons (Fsp3) is 0.111. The maximum absolute atomic E-state index is 9.37. The molecule has 0 aromatic heterocycles. The Kier molecular flexibility index (Phi) is 1.52. The van der Waals surface area contributed by atoms with E-state index in [1.807, 2.05) is 6.07 Å². The van der Waals surface area contributed by atoms with Crippen molar-refractivity contribution in [3.63, 3.8) is 0 Å².